The van der Waals surface area contributed by atoms with Gasteiger partial charge in [0.05, 0.1) is 0 Å². The molecule has 0 aliphatic carbocycles. The summed E-state index contributed by atoms with van der Waals surface area (Å²) >= 11 is 5.57. The van der Waals surface area contributed by atoms with Gasteiger partial charge in [0.25, 0.3) is 0 Å². The lowest BCUT2D eigenvalue weighted by atomic mass is 9.87. The van der Waals surface area contributed by atoms with Crippen LogP contribution in [0, 0.1) is 0 Å². The number of rotatable bonds is 2. The van der Waals surface area contributed by atoms with Crippen molar-refractivity contribution in [1.82, 2.24) is 1.85 Å². The van der Waals surface area contributed by atoms with E-state index in [2.05, 4.69) is 79.9 Å². The zero-order valence-corrected chi connectivity index (χ0v) is 12.5. The van der Waals surface area contributed by atoms with Gasteiger partial charge in [0, 0.05) is 0 Å². The molecule has 1 aromatic carbocycles. The van der Waals surface area contributed by atoms with Crippen molar-refractivity contribution in [3.05, 3.63) is 29.8 Å². The van der Waals surface area contributed by atoms with E-state index in [-0.39, 0.29) is 20.9 Å². The van der Waals surface area contributed by atoms with Crippen molar-refractivity contribution >= 4 is 52.9 Å². The minimum atomic E-state index is 0.199. The largest absolute Gasteiger partial charge is 0.592 e. The molecule has 0 aliphatic rings. The van der Waals surface area contributed by atoms with E-state index >= 15 is 0 Å². The van der Waals surface area contributed by atoms with Crippen LogP contribution in [0.15, 0.2) is 24.3 Å². The molecule has 5 radical (unpaired) electrons. The van der Waals surface area contributed by atoms with E-state index in [9.17, 15) is 0 Å². The Labute approximate surface area is 110 Å². The standard InChI is InChI=1S/C10H13.3Al.N/c1-10(2,3)9-7-5-4-6-8-9;;;;/h4-5,7-8H,1-3H3;;;;. The molecular weight excluding hydrogens is 215 g/mol. The maximum absolute atomic E-state index is 2.69. The molecule has 1 nitrogen and oxygen atoms in total. The fraction of sp³-hybridized carbons (Fsp3) is 0.400. The average molecular weight is 228 g/mol. The molecule has 14 heavy (non-hydrogen) atoms. The third-order valence-corrected chi connectivity index (χ3v) is 3.90. The Morgan fingerprint density at radius 3 is 2.36 bits per heavy atom. The normalized spacial score (nSPS) is 11.7. The highest BCUT2D eigenvalue weighted by atomic mass is 27.2. The first-order valence-electron chi connectivity index (χ1n) is 4.63. The first-order valence-corrected chi connectivity index (χ1v) is 6.76. The molecule has 0 aromatic heterocycles. The molecule has 0 N–H and O–H groups in total. The highest BCUT2D eigenvalue weighted by Crippen LogP contribution is 2.20. The Morgan fingerprint density at radius 2 is 1.86 bits per heavy atom. The van der Waals surface area contributed by atoms with E-state index in [1.54, 1.807) is 0 Å². The minimum absolute atomic E-state index is 0.199. The quantitative estimate of drug-likeness (QED) is 0.673. The first-order chi connectivity index (χ1) is 6.39. The van der Waals surface area contributed by atoms with Crippen molar-refractivity contribution < 1.29 is 0 Å². The molecule has 0 heterocycles. The summed E-state index contributed by atoms with van der Waals surface area (Å²) < 4.78 is 3.55. The SMILES string of the molecule is CC(C)(C)c1ccc[c]([Al][N]([Al])[Al])c1. The zero-order chi connectivity index (χ0) is 10.8. The molecule has 67 valence electrons. The molecule has 0 aliphatic heterocycles. The molecule has 1 aromatic rings. The third-order valence-electron chi connectivity index (χ3n) is 2.05. The summed E-state index contributed by atoms with van der Waals surface area (Å²) in [6, 6.07) is 8.88. The van der Waals surface area contributed by atoms with Crippen molar-refractivity contribution in [2.24, 2.45) is 0 Å². The van der Waals surface area contributed by atoms with Crippen LogP contribution < -0.4 is 4.43 Å². The smallest absolute Gasteiger partial charge is 0.321 e. The van der Waals surface area contributed by atoms with Gasteiger partial charge < -0.3 is 1.85 Å². The second-order valence-corrected chi connectivity index (χ2v) is 8.95. The predicted octanol–water partition coefficient (Wildman–Crippen LogP) is 0.698. The summed E-state index contributed by atoms with van der Waals surface area (Å²) in [5.41, 5.74) is 1.67. The predicted molar refractivity (Wildman–Crippen MR) is 63.9 cm³/mol. The van der Waals surface area contributed by atoms with Crippen molar-refractivity contribution in [1.29, 1.82) is 0 Å². The lowest BCUT2D eigenvalue weighted by Crippen LogP contribution is -2.32. The summed E-state index contributed by atoms with van der Waals surface area (Å²) in [6.07, 6.45) is 0. The number of benzene rings is 1. The highest BCUT2D eigenvalue weighted by Gasteiger charge is 2.13. The van der Waals surface area contributed by atoms with Crippen LogP contribution in [0.1, 0.15) is 26.3 Å². The molecule has 0 atom stereocenters. The molecule has 0 amide bonds. The van der Waals surface area contributed by atoms with Crippen LogP contribution in [-0.2, 0) is 5.41 Å². The second-order valence-electron chi connectivity index (χ2n) is 4.45. The minimum Gasteiger partial charge on any atom is -0.592 e. The van der Waals surface area contributed by atoms with Gasteiger partial charge >= 0.3 is 15.4 Å². The van der Waals surface area contributed by atoms with Crippen LogP contribution in [0.3, 0.4) is 0 Å². The first kappa shape index (κ1) is 12.8. The maximum Gasteiger partial charge on any atom is 0.321 e. The van der Waals surface area contributed by atoms with Crippen LogP contribution in [-0.4, -0.2) is 50.3 Å². The van der Waals surface area contributed by atoms with Gasteiger partial charge in [-0.3, -0.25) is 0 Å². The molecule has 4 heteroatoms. The molecule has 0 unspecified atom stereocenters. The van der Waals surface area contributed by atoms with Crippen LogP contribution in [0.4, 0.5) is 0 Å². The van der Waals surface area contributed by atoms with Gasteiger partial charge in [-0.25, -0.2) is 0 Å². The average Bonchev–Trinajstić information content (AvgIpc) is 2.01. The molecule has 0 spiro atoms. The van der Waals surface area contributed by atoms with Crippen molar-refractivity contribution in [3.63, 3.8) is 0 Å². The van der Waals surface area contributed by atoms with Gasteiger partial charge in [0.2, 0.25) is 33.0 Å². The molecular formula is C10H13Al3N. The van der Waals surface area contributed by atoms with Crippen LogP contribution in [0.2, 0.25) is 0 Å². The van der Waals surface area contributed by atoms with E-state index in [0.29, 0.717) is 0 Å². The number of hydrogen-bond acceptors (Lipinski definition) is 1. The van der Waals surface area contributed by atoms with E-state index < -0.39 is 0 Å². The zero-order valence-electron chi connectivity index (χ0n) is 8.99. The molecule has 0 saturated carbocycles. The lowest BCUT2D eigenvalue weighted by molar-refractivity contribution is 0.591. The second kappa shape index (κ2) is 5.21. The third kappa shape index (κ3) is 4.11. The van der Waals surface area contributed by atoms with E-state index in [1.165, 1.54) is 9.99 Å². The Bertz CT molecular complexity index is 304. The maximum atomic E-state index is 2.69. The van der Waals surface area contributed by atoms with E-state index in [4.69, 9.17) is 0 Å². The Balaban J connectivity index is 2.90. The monoisotopic (exact) mass is 228 g/mol. The Morgan fingerprint density at radius 1 is 1.21 bits per heavy atom. The highest BCUT2D eigenvalue weighted by molar-refractivity contribution is 6.63. The number of hydrogen-bond donors (Lipinski definition) is 0. The van der Waals surface area contributed by atoms with Crippen molar-refractivity contribution in [2.75, 3.05) is 0 Å². The molecule has 0 saturated heterocycles. The topological polar surface area (TPSA) is 3.24 Å². The van der Waals surface area contributed by atoms with Gasteiger partial charge in [0.1, 0.15) is 0 Å². The van der Waals surface area contributed by atoms with Crippen LogP contribution in [0.25, 0.3) is 0 Å². The van der Waals surface area contributed by atoms with E-state index in [0.717, 1.165) is 0 Å². The summed E-state index contributed by atoms with van der Waals surface area (Å²) in [6.45, 7) is 6.75. The van der Waals surface area contributed by atoms with E-state index in [1.807, 2.05) is 0 Å². The molecule has 1 rings (SSSR count). The summed E-state index contributed by atoms with van der Waals surface area (Å²) in [4.78, 5) is 0. The van der Waals surface area contributed by atoms with Gasteiger partial charge in [-0.05, 0) is 11.0 Å². The summed E-state index contributed by atoms with van der Waals surface area (Å²) in [5, 5.41) is 0. The molecule has 0 bridgehead atoms. The number of nitrogens with zero attached hydrogens (tertiary/aromatic N) is 1. The fourth-order valence-electron chi connectivity index (χ4n) is 1.26. The van der Waals surface area contributed by atoms with Crippen LogP contribution >= 0.6 is 0 Å². The van der Waals surface area contributed by atoms with Gasteiger partial charge in [-0.2, -0.15) is 0 Å². The molecule has 0 fully saturated rings. The van der Waals surface area contributed by atoms with Crippen molar-refractivity contribution in [2.45, 2.75) is 26.2 Å². The van der Waals surface area contributed by atoms with Gasteiger partial charge in [0.15, 0.2) is 0 Å². The summed E-state index contributed by atoms with van der Waals surface area (Å²) in [7, 11) is 0. The van der Waals surface area contributed by atoms with Crippen molar-refractivity contribution in [3.8, 4) is 0 Å². The van der Waals surface area contributed by atoms with Gasteiger partial charge in [-0.1, -0.05) is 45.0 Å². The summed E-state index contributed by atoms with van der Waals surface area (Å²) in [5.74, 6) is 0. The lowest BCUT2D eigenvalue weighted by Gasteiger charge is -2.21. The fourth-order valence-corrected chi connectivity index (χ4v) is 3.09. The Hall–Kier alpha value is 0.777. The Kier molecular flexibility index (Phi) is 4.78. The van der Waals surface area contributed by atoms with Gasteiger partial charge in [-0.15, -0.1) is 4.43 Å². The van der Waals surface area contributed by atoms with Crippen LogP contribution in [0.5, 0.6) is 0 Å².